The van der Waals surface area contributed by atoms with Gasteiger partial charge in [-0.2, -0.15) is 0 Å². The van der Waals surface area contributed by atoms with E-state index in [4.69, 9.17) is 0 Å². The second kappa shape index (κ2) is 8.16. The van der Waals surface area contributed by atoms with E-state index in [-0.39, 0.29) is 24.0 Å². The van der Waals surface area contributed by atoms with Gasteiger partial charge in [-0.1, -0.05) is 78.9 Å². The fourth-order valence-corrected chi connectivity index (χ4v) is 3.98. The Morgan fingerprint density at radius 2 is 0.905 bits per heavy atom. The van der Waals surface area contributed by atoms with Crippen LogP contribution in [-0.2, 0) is 0 Å². The summed E-state index contributed by atoms with van der Waals surface area (Å²) in [6, 6.07) is 31.7. The highest BCUT2D eigenvalue weighted by molar-refractivity contribution is 14.0. The summed E-state index contributed by atoms with van der Waals surface area (Å²) in [5, 5.41) is 6.34. The molecule has 0 heterocycles. The van der Waals surface area contributed by atoms with Crippen molar-refractivity contribution in [2.45, 2.75) is 0 Å². The van der Waals surface area contributed by atoms with Gasteiger partial charge in [-0.15, -0.1) is 24.0 Å². The minimum absolute atomic E-state index is 0. The summed E-state index contributed by atoms with van der Waals surface area (Å²) >= 11 is 0. The highest BCUT2D eigenvalue weighted by atomic mass is 127. The normalized spacial score (nSPS) is 9.95. The van der Waals surface area contributed by atoms with E-state index in [1.165, 1.54) is 10.6 Å². The van der Waals surface area contributed by atoms with Crippen molar-refractivity contribution in [3.05, 3.63) is 91.0 Å². The summed E-state index contributed by atoms with van der Waals surface area (Å²) in [6.45, 7) is 0. The summed E-state index contributed by atoms with van der Waals surface area (Å²) in [7, 11) is -0.577. The fraction of sp³-hybridized carbons (Fsp3) is 0. The average molecular weight is 405 g/mol. The number of hydrogen-bond acceptors (Lipinski definition) is 1. The zero-order chi connectivity index (χ0) is 13.6. The summed E-state index contributed by atoms with van der Waals surface area (Å²) in [6.07, 6.45) is 0. The molecule has 1 N–H and O–H groups in total. The van der Waals surface area contributed by atoms with Gasteiger partial charge in [0.2, 0.25) is 0 Å². The molecule has 3 heteroatoms. The predicted octanol–water partition coefficient (Wildman–Crippen LogP) is 4.76. The Morgan fingerprint density at radius 3 is 1.33 bits per heavy atom. The number of anilines is 1. The van der Waals surface area contributed by atoms with Gasteiger partial charge in [0.25, 0.3) is 0 Å². The molecule has 0 atom stereocenters. The predicted molar refractivity (Wildman–Crippen MR) is 105 cm³/mol. The number of halogens is 1. The quantitative estimate of drug-likeness (QED) is 0.488. The summed E-state index contributed by atoms with van der Waals surface area (Å²) in [5.41, 5.74) is 1.16. The smallest absolute Gasteiger partial charge is 0.0522 e. The molecule has 0 unspecified atom stereocenters. The second-order valence-electron chi connectivity index (χ2n) is 4.48. The Balaban J connectivity index is 0.00000161. The number of hydrogen-bond donors (Lipinski definition) is 1. The Bertz CT molecular complexity index is 604. The molecule has 0 bridgehead atoms. The SMILES string of the molecule is I.c1ccc(NP(c2ccccc2)c2ccccc2)cc1. The summed E-state index contributed by atoms with van der Waals surface area (Å²) in [4.78, 5) is 0. The van der Waals surface area contributed by atoms with Crippen molar-refractivity contribution in [1.82, 2.24) is 0 Å². The van der Waals surface area contributed by atoms with Crippen molar-refractivity contribution in [1.29, 1.82) is 0 Å². The Hall–Kier alpha value is -1.38. The first-order chi connectivity index (χ1) is 9.93. The number of para-hydroxylation sites is 1. The first-order valence-electron chi connectivity index (χ1n) is 6.65. The minimum atomic E-state index is -0.577. The largest absolute Gasteiger partial charge is 0.357 e. The molecule has 3 aromatic carbocycles. The fourth-order valence-electron chi connectivity index (χ4n) is 2.07. The lowest BCUT2D eigenvalue weighted by atomic mass is 10.3. The Kier molecular flexibility index (Phi) is 6.21. The highest BCUT2D eigenvalue weighted by Gasteiger charge is 2.13. The van der Waals surface area contributed by atoms with Crippen LogP contribution in [0.15, 0.2) is 91.0 Å². The van der Waals surface area contributed by atoms with Gasteiger partial charge < -0.3 is 5.09 Å². The van der Waals surface area contributed by atoms with Crippen molar-refractivity contribution >= 4 is 48.3 Å². The monoisotopic (exact) mass is 405 g/mol. The van der Waals surface area contributed by atoms with Crippen LogP contribution in [0.1, 0.15) is 0 Å². The number of rotatable bonds is 4. The Labute approximate surface area is 144 Å². The van der Waals surface area contributed by atoms with Gasteiger partial charge in [0, 0.05) is 16.3 Å². The van der Waals surface area contributed by atoms with E-state index in [0.717, 1.165) is 5.69 Å². The van der Waals surface area contributed by atoms with Crippen molar-refractivity contribution in [2.24, 2.45) is 0 Å². The molecule has 0 aliphatic rings. The zero-order valence-corrected chi connectivity index (χ0v) is 14.7. The molecule has 0 aromatic heterocycles. The van der Waals surface area contributed by atoms with Crippen LogP contribution in [0.2, 0.25) is 0 Å². The lowest BCUT2D eigenvalue weighted by molar-refractivity contribution is 1.67. The van der Waals surface area contributed by atoms with Crippen LogP contribution in [0.4, 0.5) is 5.69 Å². The van der Waals surface area contributed by atoms with Gasteiger partial charge in [-0.25, -0.2) is 0 Å². The molecular formula is C18H17INP. The van der Waals surface area contributed by atoms with E-state index in [9.17, 15) is 0 Å². The molecule has 106 valence electrons. The third-order valence-electron chi connectivity index (χ3n) is 3.04. The molecule has 3 rings (SSSR count). The molecular weight excluding hydrogens is 388 g/mol. The van der Waals surface area contributed by atoms with E-state index in [0.29, 0.717) is 0 Å². The zero-order valence-electron chi connectivity index (χ0n) is 11.5. The Morgan fingerprint density at radius 1 is 0.524 bits per heavy atom. The van der Waals surface area contributed by atoms with Gasteiger partial charge >= 0.3 is 0 Å². The van der Waals surface area contributed by atoms with Crippen LogP contribution >= 0.6 is 32.0 Å². The molecule has 0 fully saturated rings. The third kappa shape index (κ3) is 4.29. The molecule has 21 heavy (non-hydrogen) atoms. The second-order valence-corrected chi connectivity index (χ2v) is 6.41. The van der Waals surface area contributed by atoms with Crippen molar-refractivity contribution in [3.8, 4) is 0 Å². The van der Waals surface area contributed by atoms with Gasteiger partial charge in [-0.05, 0) is 12.1 Å². The van der Waals surface area contributed by atoms with Crippen LogP contribution in [0.25, 0.3) is 0 Å². The molecule has 0 saturated carbocycles. The van der Waals surface area contributed by atoms with E-state index >= 15 is 0 Å². The molecule has 0 radical (unpaired) electrons. The number of nitrogens with one attached hydrogen (secondary N) is 1. The molecule has 1 nitrogen and oxygen atoms in total. The molecule has 0 saturated heterocycles. The van der Waals surface area contributed by atoms with Crippen LogP contribution in [-0.4, -0.2) is 0 Å². The standard InChI is InChI=1S/C18H16NP.HI/c1-4-10-16(11-5-1)19-20(17-12-6-2-7-13-17)18-14-8-3-9-15-18;/h1-15,19H;1H. The highest BCUT2D eigenvalue weighted by Crippen LogP contribution is 2.34. The average Bonchev–Trinajstić information content (AvgIpc) is 2.55. The number of benzene rings is 3. The van der Waals surface area contributed by atoms with Crippen LogP contribution in [0, 0.1) is 0 Å². The molecule has 3 aromatic rings. The summed E-state index contributed by atoms with van der Waals surface area (Å²) < 4.78 is 0. The maximum Gasteiger partial charge on any atom is 0.0522 e. The van der Waals surface area contributed by atoms with Crippen LogP contribution in [0.3, 0.4) is 0 Å². The van der Waals surface area contributed by atoms with Crippen LogP contribution in [0.5, 0.6) is 0 Å². The lowest BCUT2D eigenvalue weighted by Crippen LogP contribution is -2.16. The first-order valence-corrected chi connectivity index (χ1v) is 7.99. The minimum Gasteiger partial charge on any atom is -0.357 e. The summed E-state index contributed by atoms with van der Waals surface area (Å²) in [5.74, 6) is 0. The van der Waals surface area contributed by atoms with E-state index in [1.54, 1.807) is 0 Å². The van der Waals surface area contributed by atoms with Crippen molar-refractivity contribution in [2.75, 3.05) is 5.09 Å². The molecule has 0 amide bonds. The van der Waals surface area contributed by atoms with E-state index < -0.39 is 8.07 Å². The first kappa shape index (κ1) is 16.0. The van der Waals surface area contributed by atoms with Gasteiger partial charge in [0.05, 0.1) is 8.07 Å². The third-order valence-corrected chi connectivity index (χ3v) is 5.15. The van der Waals surface area contributed by atoms with Crippen molar-refractivity contribution < 1.29 is 0 Å². The van der Waals surface area contributed by atoms with E-state index in [2.05, 4.69) is 90.0 Å². The van der Waals surface area contributed by atoms with Gasteiger partial charge in [-0.3, -0.25) is 0 Å². The topological polar surface area (TPSA) is 12.0 Å². The maximum atomic E-state index is 3.68. The molecule has 0 spiro atoms. The maximum absolute atomic E-state index is 3.68. The molecule has 0 aliphatic heterocycles. The van der Waals surface area contributed by atoms with Crippen molar-refractivity contribution in [3.63, 3.8) is 0 Å². The van der Waals surface area contributed by atoms with E-state index in [1.807, 2.05) is 6.07 Å². The van der Waals surface area contributed by atoms with Crippen LogP contribution < -0.4 is 15.7 Å². The van der Waals surface area contributed by atoms with Gasteiger partial charge in [0.15, 0.2) is 0 Å². The van der Waals surface area contributed by atoms with Gasteiger partial charge in [0.1, 0.15) is 0 Å². The lowest BCUT2D eigenvalue weighted by Gasteiger charge is -2.20. The molecule has 0 aliphatic carbocycles.